The number of carbonyl (C=O) groups excluding carboxylic acids is 1. The van der Waals surface area contributed by atoms with Crippen LogP contribution in [0.25, 0.3) is 16.7 Å². The van der Waals surface area contributed by atoms with E-state index in [1.165, 1.54) is 23.3 Å². The molecule has 2 heterocycles. The number of benzene rings is 1. The molecule has 0 saturated heterocycles. The number of thioether (sulfide) groups is 1. The number of Topliss-reactive ketones (excluding diaryl/α,β-unsaturated/α-hetero) is 1. The molecule has 0 bridgehead atoms. The molecule has 0 N–H and O–H groups in total. The molecule has 0 aliphatic rings. The lowest BCUT2D eigenvalue weighted by Crippen LogP contribution is -2.24. The molecule has 0 fully saturated rings. The third-order valence-corrected chi connectivity index (χ3v) is 4.89. The predicted molar refractivity (Wildman–Crippen MR) is 95.9 cm³/mol. The van der Waals surface area contributed by atoms with E-state index in [0.29, 0.717) is 21.9 Å². The Morgan fingerprint density at radius 1 is 1.21 bits per heavy atom. The molecule has 6 heteroatoms. The van der Waals surface area contributed by atoms with Crippen LogP contribution >= 0.6 is 11.8 Å². The molecular formula is C18H17N3O2S. The largest absolute Gasteiger partial charge is 0.299 e. The van der Waals surface area contributed by atoms with Crippen LogP contribution < -0.4 is 5.56 Å². The van der Waals surface area contributed by atoms with E-state index < -0.39 is 0 Å². The van der Waals surface area contributed by atoms with Gasteiger partial charge in [0.1, 0.15) is 11.6 Å². The fraction of sp³-hybridized carbons (Fsp3) is 0.222. The molecule has 1 unspecified atom stereocenters. The van der Waals surface area contributed by atoms with Crippen molar-refractivity contribution in [3.8, 4) is 5.82 Å². The van der Waals surface area contributed by atoms with Crippen LogP contribution in [0.5, 0.6) is 0 Å². The molecular weight excluding hydrogens is 322 g/mol. The van der Waals surface area contributed by atoms with E-state index in [1.807, 2.05) is 25.1 Å². The van der Waals surface area contributed by atoms with Crippen LogP contribution in [-0.2, 0) is 4.79 Å². The van der Waals surface area contributed by atoms with Gasteiger partial charge in [0.15, 0.2) is 5.16 Å². The second-order valence-corrected chi connectivity index (χ2v) is 6.92. The maximum absolute atomic E-state index is 13.0. The molecule has 3 aromatic rings. The maximum atomic E-state index is 13.0. The van der Waals surface area contributed by atoms with Gasteiger partial charge in [0.05, 0.1) is 16.2 Å². The van der Waals surface area contributed by atoms with Crippen molar-refractivity contribution >= 4 is 28.4 Å². The predicted octanol–water partition coefficient (Wildman–Crippen LogP) is 3.16. The minimum Gasteiger partial charge on any atom is -0.299 e. The van der Waals surface area contributed by atoms with Gasteiger partial charge in [-0.25, -0.2) is 14.5 Å². The number of carbonyl (C=O) groups is 1. The van der Waals surface area contributed by atoms with Crippen LogP contribution in [0.15, 0.2) is 52.5 Å². The molecule has 5 nitrogen and oxygen atoms in total. The lowest BCUT2D eigenvalue weighted by atomic mass is 10.2. The van der Waals surface area contributed by atoms with Crippen molar-refractivity contribution in [3.05, 3.63) is 58.5 Å². The van der Waals surface area contributed by atoms with Gasteiger partial charge in [0, 0.05) is 6.20 Å². The van der Waals surface area contributed by atoms with Crippen molar-refractivity contribution in [3.63, 3.8) is 0 Å². The number of pyridine rings is 1. The Morgan fingerprint density at radius 2 is 1.96 bits per heavy atom. The summed E-state index contributed by atoms with van der Waals surface area (Å²) >= 11 is 1.27. The lowest BCUT2D eigenvalue weighted by molar-refractivity contribution is -0.116. The number of ketones is 1. The zero-order valence-electron chi connectivity index (χ0n) is 13.7. The molecule has 0 aliphatic carbocycles. The summed E-state index contributed by atoms with van der Waals surface area (Å²) in [5.41, 5.74) is 1.44. The standard InChI is InChI=1S/C18H17N3O2S/c1-11-8-9-16(19-10-11)21-17(23)14-6-4-5-7-15(14)20-18(21)24-13(3)12(2)22/h4-10,13H,1-3H3. The number of hydrogen-bond acceptors (Lipinski definition) is 5. The summed E-state index contributed by atoms with van der Waals surface area (Å²) < 4.78 is 1.48. The highest BCUT2D eigenvalue weighted by molar-refractivity contribution is 8.00. The van der Waals surface area contributed by atoms with Gasteiger partial charge < -0.3 is 0 Å². The first-order valence-electron chi connectivity index (χ1n) is 7.59. The Balaban J connectivity index is 2.27. The van der Waals surface area contributed by atoms with Gasteiger partial charge in [-0.3, -0.25) is 9.59 Å². The van der Waals surface area contributed by atoms with Gasteiger partial charge >= 0.3 is 0 Å². The highest BCUT2D eigenvalue weighted by atomic mass is 32.2. The summed E-state index contributed by atoms with van der Waals surface area (Å²) in [6.07, 6.45) is 1.71. The van der Waals surface area contributed by atoms with E-state index in [1.54, 1.807) is 31.3 Å². The number of aromatic nitrogens is 3. The SMILES string of the molecule is CC(=O)C(C)Sc1nc2ccccc2c(=O)n1-c1ccc(C)cn1. The molecule has 122 valence electrons. The van der Waals surface area contributed by atoms with Crippen LogP contribution in [0, 0.1) is 6.92 Å². The summed E-state index contributed by atoms with van der Waals surface area (Å²) in [6.45, 7) is 5.28. The van der Waals surface area contributed by atoms with Crippen molar-refractivity contribution in [1.29, 1.82) is 0 Å². The maximum Gasteiger partial charge on any atom is 0.267 e. The highest BCUT2D eigenvalue weighted by Crippen LogP contribution is 2.24. The van der Waals surface area contributed by atoms with Crippen molar-refractivity contribution < 1.29 is 4.79 Å². The van der Waals surface area contributed by atoms with Gasteiger partial charge in [-0.05, 0) is 44.5 Å². The molecule has 0 aliphatic heterocycles. The van der Waals surface area contributed by atoms with E-state index in [-0.39, 0.29) is 16.6 Å². The van der Waals surface area contributed by atoms with Crippen molar-refractivity contribution in [2.45, 2.75) is 31.2 Å². The second-order valence-electron chi connectivity index (χ2n) is 5.62. The molecule has 2 aromatic heterocycles. The summed E-state index contributed by atoms with van der Waals surface area (Å²) in [5, 5.41) is 0.701. The molecule has 0 saturated carbocycles. The van der Waals surface area contributed by atoms with Gasteiger partial charge in [0.2, 0.25) is 0 Å². The first kappa shape index (κ1) is 16.4. The Hall–Kier alpha value is -2.47. The molecule has 3 rings (SSSR count). The number of aryl methyl sites for hydroxylation is 1. The monoisotopic (exact) mass is 339 g/mol. The summed E-state index contributed by atoms with van der Waals surface area (Å²) in [5.74, 6) is 0.535. The van der Waals surface area contributed by atoms with E-state index in [0.717, 1.165) is 5.56 Å². The van der Waals surface area contributed by atoms with Crippen molar-refractivity contribution in [1.82, 2.24) is 14.5 Å². The molecule has 24 heavy (non-hydrogen) atoms. The van der Waals surface area contributed by atoms with Gasteiger partial charge in [-0.1, -0.05) is 30.0 Å². The summed E-state index contributed by atoms with van der Waals surface area (Å²) in [7, 11) is 0. The zero-order valence-corrected chi connectivity index (χ0v) is 14.5. The fourth-order valence-electron chi connectivity index (χ4n) is 2.23. The Kier molecular flexibility index (Phi) is 4.49. The summed E-state index contributed by atoms with van der Waals surface area (Å²) in [4.78, 5) is 33.6. The Bertz CT molecular complexity index is 964. The third kappa shape index (κ3) is 3.10. The van der Waals surface area contributed by atoms with Crippen LogP contribution in [-0.4, -0.2) is 25.6 Å². The summed E-state index contributed by atoms with van der Waals surface area (Å²) in [6, 6.07) is 10.9. The number of para-hydroxylation sites is 1. The third-order valence-electron chi connectivity index (χ3n) is 3.72. The molecule has 0 spiro atoms. The highest BCUT2D eigenvalue weighted by Gasteiger charge is 2.18. The minimum atomic E-state index is -0.297. The van der Waals surface area contributed by atoms with Crippen molar-refractivity contribution in [2.24, 2.45) is 0 Å². The van der Waals surface area contributed by atoms with E-state index >= 15 is 0 Å². The molecule has 0 radical (unpaired) electrons. The van der Waals surface area contributed by atoms with Gasteiger partial charge in [-0.2, -0.15) is 0 Å². The lowest BCUT2D eigenvalue weighted by Gasteiger charge is -2.14. The first-order valence-corrected chi connectivity index (χ1v) is 8.47. The topological polar surface area (TPSA) is 64.8 Å². The molecule has 1 atom stereocenters. The van der Waals surface area contributed by atoms with Crippen LogP contribution in [0.2, 0.25) is 0 Å². The van der Waals surface area contributed by atoms with Gasteiger partial charge in [-0.15, -0.1) is 0 Å². The number of rotatable bonds is 4. The zero-order chi connectivity index (χ0) is 17.3. The minimum absolute atomic E-state index is 0.0332. The average Bonchev–Trinajstić information content (AvgIpc) is 2.56. The van der Waals surface area contributed by atoms with E-state index in [4.69, 9.17) is 0 Å². The smallest absolute Gasteiger partial charge is 0.267 e. The first-order chi connectivity index (χ1) is 11.5. The van der Waals surface area contributed by atoms with E-state index in [2.05, 4.69) is 9.97 Å². The Labute approximate surface area is 143 Å². The normalized spacial score (nSPS) is 12.3. The van der Waals surface area contributed by atoms with Gasteiger partial charge in [0.25, 0.3) is 5.56 Å². The van der Waals surface area contributed by atoms with Crippen molar-refractivity contribution in [2.75, 3.05) is 0 Å². The quantitative estimate of drug-likeness (QED) is 0.540. The second kappa shape index (κ2) is 6.57. The molecule has 0 amide bonds. The van der Waals surface area contributed by atoms with E-state index in [9.17, 15) is 9.59 Å². The fourth-order valence-corrected chi connectivity index (χ4v) is 3.14. The Morgan fingerprint density at radius 3 is 2.62 bits per heavy atom. The van der Waals surface area contributed by atoms with Crippen LogP contribution in [0.3, 0.4) is 0 Å². The van der Waals surface area contributed by atoms with Crippen LogP contribution in [0.1, 0.15) is 19.4 Å². The number of hydrogen-bond donors (Lipinski definition) is 0. The van der Waals surface area contributed by atoms with Crippen LogP contribution in [0.4, 0.5) is 0 Å². The number of fused-ring (bicyclic) bond motifs is 1. The average molecular weight is 339 g/mol. The molecule has 1 aromatic carbocycles. The number of nitrogens with zero attached hydrogens (tertiary/aromatic N) is 3.